The standard InChI is InChI=1S/C23H38O3/c1-22-12-4-3-6-16(22)14-19(24)21-17-10-9-15(7-5-8-20(25)26)23(17,2)13-11-18(21)22/h15-19,21,24H,3-14H2,1-2H3,(H,25,26)/t15?,16?,17-,18-,19?,21?,22?,23?/m0/s1. The molecule has 0 saturated heterocycles. The van der Waals surface area contributed by atoms with Gasteiger partial charge in [-0.05, 0) is 98.2 Å². The van der Waals surface area contributed by atoms with Crippen molar-refractivity contribution in [1.82, 2.24) is 0 Å². The molecule has 0 aliphatic heterocycles. The molecule has 2 N–H and O–H groups in total. The van der Waals surface area contributed by atoms with Gasteiger partial charge in [-0.3, -0.25) is 4.79 Å². The summed E-state index contributed by atoms with van der Waals surface area (Å²) < 4.78 is 0. The largest absolute Gasteiger partial charge is 0.481 e. The lowest BCUT2D eigenvalue weighted by molar-refractivity contribution is -0.162. The predicted molar refractivity (Wildman–Crippen MR) is 103 cm³/mol. The molecule has 6 unspecified atom stereocenters. The summed E-state index contributed by atoms with van der Waals surface area (Å²) in [6.07, 6.45) is 13.7. The van der Waals surface area contributed by atoms with Crippen LogP contribution in [-0.4, -0.2) is 22.3 Å². The minimum atomic E-state index is -0.660. The van der Waals surface area contributed by atoms with E-state index in [1.54, 1.807) is 0 Å². The molecule has 3 nitrogen and oxygen atoms in total. The van der Waals surface area contributed by atoms with E-state index in [0.29, 0.717) is 40.9 Å². The topological polar surface area (TPSA) is 57.5 Å². The zero-order valence-corrected chi connectivity index (χ0v) is 16.8. The highest BCUT2D eigenvalue weighted by Gasteiger charge is 2.61. The summed E-state index contributed by atoms with van der Waals surface area (Å²) in [5.74, 6) is 2.62. The molecule has 0 heterocycles. The van der Waals surface area contributed by atoms with Gasteiger partial charge in [0.2, 0.25) is 0 Å². The summed E-state index contributed by atoms with van der Waals surface area (Å²) in [6, 6.07) is 0. The van der Waals surface area contributed by atoms with E-state index in [1.807, 2.05) is 0 Å². The first-order valence-electron chi connectivity index (χ1n) is 11.3. The van der Waals surface area contributed by atoms with Crippen molar-refractivity contribution in [2.45, 2.75) is 97.0 Å². The molecule has 0 amide bonds. The fourth-order valence-corrected chi connectivity index (χ4v) is 8.34. The third-order valence-electron chi connectivity index (χ3n) is 9.74. The quantitative estimate of drug-likeness (QED) is 0.717. The van der Waals surface area contributed by atoms with Gasteiger partial charge < -0.3 is 10.2 Å². The fraction of sp³-hybridized carbons (Fsp3) is 0.957. The number of aliphatic hydroxyl groups is 1. The Bertz CT molecular complexity index is 546. The monoisotopic (exact) mass is 362 g/mol. The summed E-state index contributed by atoms with van der Waals surface area (Å²) in [5.41, 5.74) is 0.795. The zero-order chi connectivity index (χ0) is 18.5. The Morgan fingerprint density at radius 2 is 1.77 bits per heavy atom. The van der Waals surface area contributed by atoms with Crippen molar-refractivity contribution in [3.05, 3.63) is 0 Å². The maximum atomic E-state index is 11.2. The minimum absolute atomic E-state index is 0.0985. The lowest BCUT2D eigenvalue weighted by Crippen LogP contribution is -2.57. The van der Waals surface area contributed by atoms with Gasteiger partial charge in [0, 0.05) is 6.42 Å². The van der Waals surface area contributed by atoms with Crippen LogP contribution in [0.15, 0.2) is 0 Å². The van der Waals surface area contributed by atoms with Gasteiger partial charge in [0.1, 0.15) is 0 Å². The average molecular weight is 363 g/mol. The van der Waals surface area contributed by atoms with Crippen molar-refractivity contribution >= 4 is 5.97 Å². The first-order valence-corrected chi connectivity index (χ1v) is 11.3. The minimum Gasteiger partial charge on any atom is -0.481 e. The number of carboxylic acids is 1. The van der Waals surface area contributed by atoms with Crippen LogP contribution < -0.4 is 0 Å². The lowest BCUT2D eigenvalue weighted by Gasteiger charge is -2.62. The molecular weight excluding hydrogens is 324 g/mol. The van der Waals surface area contributed by atoms with E-state index in [-0.39, 0.29) is 6.10 Å². The molecule has 148 valence electrons. The third kappa shape index (κ3) is 2.84. The molecule has 4 rings (SSSR count). The molecule has 4 fully saturated rings. The van der Waals surface area contributed by atoms with Crippen LogP contribution in [0.3, 0.4) is 0 Å². The van der Waals surface area contributed by atoms with Crippen molar-refractivity contribution in [3.63, 3.8) is 0 Å². The van der Waals surface area contributed by atoms with E-state index >= 15 is 0 Å². The highest BCUT2D eigenvalue weighted by atomic mass is 16.4. The van der Waals surface area contributed by atoms with E-state index in [0.717, 1.165) is 25.2 Å². The van der Waals surface area contributed by atoms with Gasteiger partial charge in [-0.2, -0.15) is 0 Å². The van der Waals surface area contributed by atoms with E-state index in [1.165, 1.54) is 51.4 Å². The van der Waals surface area contributed by atoms with Gasteiger partial charge in [0.25, 0.3) is 0 Å². The third-order valence-corrected chi connectivity index (χ3v) is 9.74. The fourth-order valence-electron chi connectivity index (χ4n) is 8.34. The Hall–Kier alpha value is -0.570. The number of carbonyl (C=O) groups is 1. The number of rotatable bonds is 4. The number of aliphatic carboxylic acids is 1. The van der Waals surface area contributed by atoms with E-state index in [2.05, 4.69) is 13.8 Å². The molecule has 0 radical (unpaired) electrons. The number of hydrogen-bond acceptors (Lipinski definition) is 2. The van der Waals surface area contributed by atoms with Gasteiger partial charge in [0.15, 0.2) is 0 Å². The van der Waals surface area contributed by atoms with Crippen LogP contribution >= 0.6 is 0 Å². The average Bonchev–Trinajstić information content (AvgIpc) is 2.92. The number of carboxylic acid groups (broad SMARTS) is 1. The zero-order valence-electron chi connectivity index (χ0n) is 16.8. The molecule has 0 aromatic heterocycles. The molecule has 26 heavy (non-hydrogen) atoms. The highest BCUT2D eigenvalue weighted by molar-refractivity contribution is 5.66. The molecule has 4 aliphatic carbocycles. The van der Waals surface area contributed by atoms with Crippen LogP contribution in [0.1, 0.15) is 90.9 Å². The molecule has 0 aromatic carbocycles. The Balaban J connectivity index is 1.53. The second kappa shape index (κ2) is 6.79. The first-order chi connectivity index (χ1) is 12.4. The molecule has 3 heteroatoms. The smallest absolute Gasteiger partial charge is 0.303 e. The summed E-state index contributed by atoms with van der Waals surface area (Å²) in [4.78, 5) is 10.9. The Morgan fingerprint density at radius 3 is 2.54 bits per heavy atom. The summed E-state index contributed by atoms with van der Waals surface area (Å²) in [5, 5.41) is 20.2. The molecular formula is C23H38O3. The second-order valence-electron chi connectivity index (χ2n) is 10.6. The summed E-state index contributed by atoms with van der Waals surface area (Å²) in [6.45, 7) is 5.04. The second-order valence-corrected chi connectivity index (χ2v) is 10.6. The van der Waals surface area contributed by atoms with Crippen LogP contribution in [-0.2, 0) is 4.79 Å². The van der Waals surface area contributed by atoms with Gasteiger partial charge >= 0.3 is 5.97 Å². The van der Waals surface area contributed by atoms with Gasteiger partial charge in [-0.25, -0.2) is 0 Å². The van der Waals surface area contributed by atoms with Crippen LogP contribution in [0.2, 0.25) is 0 Å². The maximum Gasteiger partial charge on any atom is 0.303 e. The van der Waals surface area contributed by atoms with Gasteiger partial charge in [-0.1, -0.05) is 26.7 Å². The van der Waals surface area contributed by atoms with Crippen molar-refractivity contribution in [2.75, 3.05) is 0 Å². The molecule has 0 aromatic rings. The van der Waals surface area contributed by atoms with Crippen molar-refractivity contribution in [2.24, 2.45) is 40.4 Å². The van der Waals surface area contributed by atoms with Crippen molar-refractivity contribution < 1.29 is 15.0 Å². The van der Waals surface area contributed by atoms with Gasteiger partial charge in [0.05, 0.1) is 6.10 Å². The molecule has 8 atom stereocenters. The van der Waals surface area contributed by atoms with Crippen LogP contribution in [0, 0.1) is 40.4 Å². The van der Waals surface area contributed by atoms with Crippen LogP contribution in [0.25, 0.3) is 0 Å². The van der Waals surface area contributed by atoms with Crippen molar-refractivity contribution in [3.8, 4) is 0 Å². The lowest BCUT2D eigenvalue weighted by atomic mass is 9.44. The number of hydrogen-bond donors (Lipinski definition) is 2. The normalized spacial score (nSPS) is 50.6. The predicted octanol–water partition coefficient (Wildman–Crippen LogP) is 5.26. The Labute approximate surface area is 158 Å². The summed E-state index contributed by atoms with van der Waals surface area (Å²) >= 11 is 0. The number of fused-ring (bicyclic) bond motifs is 5. The Morgan fingerprint density at radius 1 is 1.00 bits per heavy atom. The SMILES string of the molecule is CC12CC[C@H]3C(C(O)CC4CCCCC43C)[C@@H]1CCC2CCCC(=O)O. The van der Waals surface area contributed by atoms with E-state index < -0.39 is 5.97 Å². The molecule has 0 spiro atoms. The molecule has 4 saturated carbocycles. The maximum absolute atomic E-state index is 11.2. The summed E-state index contributed by atoms with van der Waals surface area (Å²) in [7, 11) is 0. The van der Waals surface area contributed by atoms with E-state index in [9.17, 15) is 9.90 Å². The van der Waals surface area contributed by atoms with Crippen LogP contribution in [0.5, 0.6) is 0 Å². The first kappa shape index (κ1) is 18.8. The number of aliphatic hydroxyl groups excluding tert-OH is 1. The van der Waals surface area contributed by atoms with E-state index in [4.69, 9.17) is 5.11 Å². The highest BCUT2D eigenvalue weighted by Crippen LogP contribution is 2.67. The van der Waals surface area contributed by atoms with Gasteiger partial charge in [-0.15, -0.1) is 0 Å². The van der Waals surface area contributed by atoms with Crippen LogP contribution in [0.4, 0.5) is 0 Å². The molecule has 4 aliphatic rings. The van der Waals surface area contributed by atoms with Crippen molar-refractivity contribution in [1.29, 1.82) is 0 Å². The molecule has 0 bridgehead atoms. The Kier molecular flexibility index (Phi) is 4.91.